The van der Waals surface area contributed by atoms with E-state index in [2.05, 4.69) is 0 Å². The van der Waals surface area contributed by atoms with Gasteiger partial charge in [-0.05, 0) is 38.1 Å². The lowest BCUT2D eigenvalue weighted by atomic mass is 9.86. The Labute approximate surface area is 178 Å². The van der Waals surface area contributed by atoms with Gasteiger partial charge in [-0.3, -0.25) is 19.2 Å². The number of rotatable bonds is 7. The average molecular weight is 426 g/mol. The van der Waals surface area contributed by atoms with Crippen LogP contribution >= 0.6 is 0 Å². The first-order valence-electron chi connectivity index (χ1n) is 9.72. The summed E-state index contributed by atoms with van der Waals surface area (Å²) >= 11 is 0. The Kier molecular flexibility index (Phi) is 6.36. The van der Waals surface area contributed by atoms with Crippen LogP contribution in [-0.2, 0) is 28.7 Å². The molecule has 0 aromatic heterocycles. The highest BCUT2D eigenvalue weighted by molar-refractivity contribution is 6.31. The van der Waals surface area contributed by atoms with Crippen molar-refractivity contribution >= 4 is 35.1 Å². The second-order valence-electron chi connectivity index (χ2n) is 6.61. The molecular weight excluding hydrogens is 404 g/mol. The predicted octanol–water partition coefficient (Wildman–Crippen LogP) is 1.45. The lowest BCUT2D eigenvalue weighted by molar-refractivity contribution is -0.179. The van der Waals surface area contributed by atoms with Crippen LogP contribution in [0.15, 0.2) is 60.7 Å². The summed E-state index contributed by atoms with van der Waals surface area (Å²) < 4.78 is 9.77. The van der Waals surface area contributed by atoms with E-state index in [9.17, 15) is 24.3 Å². The molecule has 0 atom stereocenters. The summed E-state index contributed by atoms with van der Waals surface area (Å²) in [6.45, 7) is 2.74. The molecule has 1 saturated heterocycles. The largest absolute Gasteiger partial charge is 0.465 e. The van der Waals surface area contributed by atoms with Gasteiger partial charge in [0.1, 0.15) is 0 Å². The van der Waals surface area contributed by atoms with Gasteiger partial charge < -0.3 is 14.6 Å². The number of hydrogen-bond acceptors (Lipinski definition) is 7. The second kappa shape index (κ2) is 8.97. The van der Waals surface area contributed by atoms with E-state index in [-0.39, 0.29) is 24.6 Å². The smallest absolute Gasteiger partial charge is 0.324 e. The van der Waals surface area contributed by atoms with Gasteiger partial charge in [0.25, 0.3) is 17.4 Å². The molecule has 1 aliphatic heterocycles. The van der Waals surface area contributed by atoms with E-state index in [4.69, 9.17) is 9.47 Å². The zero-order valence-electron chi connectivity index (χ0n) is 17.1. The number of amides is 2. The second-order valence-corrected chi connectivity index (χ2v) is 6.61. The fourth-order valence-electron chi connectivity index (χ4n) is 3.34. The van der Waals surface area contributed by atoms with Gasteiger partial charge in [-0.1, -0.05) is 36.4 Å². The first kappa shape index (κ1) is 22.0. The molecule has 1 N–H and O–H groups in total. The molecule has 2 aromatic carbocycles. The minimum atomic E-state index is -3.05. The molecule has 0 unspecified atom stereocenters. The van der Waals surface area contributed by atoms with Gasteiger partial charge in [-0.2, -0.15) is 0 Å². The van der Waals surface area contributed by atoms with Crippen molar-refractivity contribution in [1.82, 2.24) is 0 Å². The molecule has 9 heteroatoms. The first-order chi connectivity index (χ1) is 14.9. The third-order valence-corrected chi connectivity index (χ3v) is 4.70. The van der Waals surface area contributed by atoms with Crippen LogP contribution in [0.3, 0.4) is 0 Å². The van der Waals surface area contributed by atoms with E-state index in [1.807, 2.05) is 0 Å². The maximum absolute atomic E-state index is 13.5. The number of para-hydroxylation sites is 2. The zero-order chi connectivity index (χ0) is 22.6. The van der Waals surface area contributed by atoms with Gasteiger partial charge in [0.05, 0.1) is 24.6 Å². The van der Waals surface area contributed by atoms with E-state index in [1.54, 1.807) is 60.7 Å². The number of nitrogens with zero attached hydrogens (tertiary/aromatic N) is 2. The SMILES string of the molecule is CCOC(=O)C(C(=O)OCC)C1(O)C(=O)N(c2ccccc2)N(c2ccccc2)C1=O. The van der Waals surface area contributed by atoms with Crippen LogP contribution < -0.4 is 10.0 Å². The van der Waals surface area contributed by atoms with Gasteiger partial charge >= 0.3 is 11.9 Å². The number of hydrogen-bond donors (Lipinski definition) is 1. The highest BCUT2D eigenvalue weighted by Crippen LogP contribution is 2.38. The van der Waals surface area contributed by atoms with Crippen molar-refractivity contribution in [3.63, 3.8) is 0 Å². The molecule has 0 spiro atoms. The molecule has 1 aliphatic rings. The van der Waals surface area contributed by atoms with Gasteiger partial charge in [0, 0.05) is 0 Å². The van der Waals surface area contributed by atoms with Crippen LogP contribution in [0.1, 0.15) is 13.8 Å². The van der Waals surface area contributed by atoms with Gasteiger partial charge in [0.15, 0.2) is 0 Å². The molecule has 3 rings (SSSR count). The molecule has 0 saturated carbocycles. The molecule has 0 radical (unpaired) electrons. The highest BCUT2D eigenvalue weighted by atomic mass is 16.6. The number of benzene rings is 2. The third kappa shape index (κ3) is 3.75. The topological polar surface area (TPSA) is 113 Å². The van der Waals surface area contributed by atoms with Crippen molar-refractivity contribution in [2.45, 2.75) is 19.4 Å². The molecule has 2 amide bonds. The molecule has 1 fully saturated rings. The predicted molar refractivity (Wildman–Crippen MR) is 110 cm³/mol. The fraction of sp³-hybridized carbons (Fsp3) is 0.273. The lowest BCUT2D eigenvalue weighted by Crippen LogP contribution is -2.57. The average Bonchev–Trinajstić information content (AvgIpc) is 2.97. The number of esters is 2. The number of carbonyl (C=O) groups is 4. The molecule has 0 aliphatic carbocycles. The highest BCUT2D eigenvalue weighted by Gasteiger charge is 2.68. The van der Waals surface area contributed by atoms with Gasteiger partial charge in [-0.15, -0.1) is 0 Å². The lowest BCUT2D eigenvalue weighted by Gasteiger charge is -2.27. The molecule has 31 heavy (non-hydrogen) atoms. The molecule has 2 aromatic rings. The van der Waals surface area contributed by atoms with Gasteiger partial charge in [0.2, 0.25) is 5.92 Å². The Hall–Kier alpha value is -3.72. The maximum atomic E-state index is 13.5. The Morgan fingerprint density at radius 3 is 1.48 bits per heavy atom. The van der Waals surface area contributed by atoms with Crippen LogP contribution in [0.25, 0.3) is 0 Å². The molecule has 0 bridgehead atoms. The summed E-state index contributed by atoms with van der Waals surface area (Å²) in [6, 6.07) is 16.2. The Morgan fingerprint density at radius 1 is 0.806 bits per heavy atom. The first-order valence-corrected chi connectivity index (χ1v) is 9.72. The van der Waals surface area contributed by atoms with Crippen molar-refractivity contribution in [2.24, 2.45) is 5.92 Å². The van der Waals surface area contributed by atoms with E-state index < -0.39 is 35.3 Å². The summed E-state index contributed by atoms with van der Waals surface area (Å²) in [6.07, 6.45) is 0. The summed E-state index contributed by atoms with van der Waals surface area (Å²) in [5.41, 5.74) is -2.54. The number of carbonyl (C=O) groups excluding carboxylic acids is 4. The third-order valence-electron chi connectivity index (χ3n) is 4.70. The Bertz CT molecular complexity index is 902. The van der Waals surface area contributed by atoms with Crippen molar-refractivity contribution in [3.8, 4) is 0 Å². The standard InChI is InChI=1S/C22H22N2O7/c1-3-30-18(25)17(19(26)31-4-2)22(29)20(27)23(15-11-7-5-8-12-15)24(21(22)28)16-13-9-6-10-14-16/h5-14,17,29H,3-4H2,1-2H3. The number of hydrazine groups is 1. The summed E-state index contributed by atoms with van der Waals surface area (Å²) in [5, 5.41) is 13.2. The summed E-state index contributed by atoms with van der Waals surface area (Å²) in [4.78, 5) is 52.2. The van der Waals surface area contributed by atoms with E-state index >= 15 is 0 Å². The van der Waals surface area contributed by atoms with Crippen LogP contribution in [-0.4, -0.2) is 47.7 Å². The maximum Gasteiger partial charge on any atom is 0.324 e. The van der Waals surface area contributed by atoms with Crippen LogP contribution in [0, 0.1) is 5.92 Å². The van der Waals surface area contributed by atoms with Gasteiger partial charge in [-0.25, -0.2) is 10.0 Å². The quantitative estimate of drug-likeness (QED) is 0.527. The zero-order valence-corrected chi connectivity index (χ0v) is 17.1. The Morgan fingerprint density at radius 2 is 1.16 bits per heavy atom. The fourth-order valence-corrected chi connectivity index (χ4v) is 3.34. The number of ether oxygens (including phenoxy) is 2. The Balaban J connectivity index is 2.19. The summed E-state index contributed by atoms with van der Waals surface area (Å²) in [7, 11) is 0. The minimum absolute atomic E-state index is 0.127. The summed E-state index contributed by atoms with van der Waals surface area (Å²) in [5.74, 6) is -6.98. The number of anilines is 2. The van der Waals surface area contributed by atoms with Crippen LogP contribution in [0.2, 0.25) is 0 Å². The van der Waals surface area contributed by atoms with E-state index in [0.29, 0.717) is 0 Å². The van der Waals surface area contributed by atoms with E-state index in [1.165, 1.54) is 13.8 Å². The molecule has 1 heterocycles. The monoisotopic (exact) mass is 426 g/mol. The van der Waals surface area contributed by atoms with Crippen molar-refractivity contribution in [2.75, 3.05) is 23.2 Å². The van der Waals surface area contributed by atoms with Crippen molar-refractivity contribution in [1.29, 1.82) is 0 Å². The van der Waals surface area contributed by atoms with Crippen LogP contribution in [0.4, 0.5) is 11.4 Å². The number of aliphatic hydroxyl groups is 1. The minimum Gasteiger partial charge on any atom is -0.465 e. The van der Waals surface area contributed by atoms with Crippen molar-refractivity contribution < 1.29 is 33.8 Å². The van der Waals surface area contributed by atoms with E-state index in [0.717, 1.165) is 10.0 Å². The molecular formula is C22H22N2O7. The van der Waals surface area contributed by atoms with Crippen molar-refractivity contribution in [3.05, 3.63) is 60.7 Å². The van der Waals surface area contributed by atoms with Crippen LogP contribution in [0.5, 0.6) is 0 Å². The molecule has 9 nitrogen and oxygen atoms in total. The normalized spacial score (nSPS) is 15.4. The molecule has 162 valence electrons.